The number of nitrogens with zero attached hydrogens (tertiary/aromatic N) is 5. The highest BCUT2D eigenvalue weighted by Gasteiger charge is 2.06. The standard InChI is InChI=1S/C11H8N8S/c12-4-6(10-16-18-19-17-10)5-14-7-1-2-9-8(3-7)15-11(13)20-9/h1-3,5,14H,(H2,13,15)(H,16,17,18,19). The number of nitrogen functional groups attached to an aromatic ring is 1. The zero-order chi connectivity index (χ0) is 13.9. The molecule has 2 heterocycles. The molecule has 9 heteroatoms. The summed E-state index contributed by atoms with van der Waals surface area (Å²) in [5.41, 5.74) is 7.53. The first-order chi connectivity index (χ1) is 9.76. The number of benzene rings is 1. The highest BCUT2D eigenvalue weighted by atomic mass is 32.1. The molecule has 3 rings (SSSR count). The normalized spacial score (nSPS) is 11.4. The quantitative estimate of drug-likeness (QED) is 0.619. The summed E-state index contributed by atoms with van der Waals surface area (Å²) in [4.78, 5) is 4.20. The van der Waals surface area contributed by atoms with E-state index in [2.05, 4.69) is 30.9 Å². The van der Waals surface area contributed by atoms with Gasteiger partial charge in [0, 0.05) is 11.9 Å². The number of nitriles is 1. The summed E-state index contributed by atoms with van der Waals surface area (Å²) in [5.74, 6) is 0.235. The Bertz CT molecular complexity index is 811. The van der Waals surface area contributed by atoms with Crippen molar-refractivity contribution < 1.29 is 0 Å². The lowest BCUT2D eigenvalue weighted by atomic mass is 10.2. The maximum atomic E-state index is 9.04. The molecule has 0 unspecified atom stereocenters. The van der Waals surface area contributed by atoms with Crippen LogP contribution in [0.3, 0.4) is 0 Å². The molecule has 2 aromatic heterocycles. The molecule has 98 valence electrons. The van der Waals surface area contributed by atoms with E-state index in [1.165, 1.54) is 17.5 Å². The summed E-state index contributed by atoms with van der Waals surface area (Å²) in [5, 5.41) is 25.8. The van der Waals surface area contributed by atoms with Gasteiger partial charge in [-0.25, -0.2) is 4.98 Å². The third kappa shape index (κ3) is 2.27. The number of aromatic nitrogens is 5. The minimum absolute atomic E-state index is 0.235. The van der Waals surface area contributed by atoms with Gasteiger partial charge in [-0.15, -0.1) is 10.2 Å². The van der Waals surface area contributed by atoms with Crippen LogP contribution in [0.5, 0.6) is 0 Å². The van der Waals surface area contributed by atoms with Gasteiger partial charge in [-0.1, -0.05) is 11.3 Å². The number of hydrogen-bond donors (Lipinski definition) is 3. The number of hydrogen-bond acceptors (Lipinski definition) is 8. The van der Waals surface area contributed by atoms with Gasteiger partial charge in [-0.2, -0.15) is 10.5 Å². The molecule has 0 spiro atoms. The number of fused-ring (bicyclic) bond motifs is 1. The zero-order valence-electron chi connectivity index (χ0n) is 10.0. The van der Waals surface area contributed by atoms with Crippen molar-refractivity contribution in [3.63, 3.8) is 0 Å². The van der Waals surface area contributed by atoms with Crippen molar-refractivity contribution in [3.8, 4) is 6.07 Å². The molecule has 0 bridgehead atoms. The second-order valence-corrected chi connectivity index (χ2v) is 4.85. The molecule has 8 nitrogen and oxygen atoms in total. The Morgan fingerprint density at radius 2 is 2.40 bits per heavy atom. The first-order valence-electron chi connectivity index (χ1n) is 5.53. The number of anilines is 2. The number of aromatic amines is 1. The van der Waals surface area contributed by atoms with Gasteiger partial charge in [0.15, 0.2) is 5.13 Å². The summed E-state index contributed by atoms with van der Waals surface area (Å²) in [6.45, 7) is 0. The minimum atomic E-state index is 0.235. The molecule has 1 aromatic carbocycles. The lowest BCUT2D eigenvalue weighted by Gasteiger charge is -2.00. The Hall–Kier alpha value is -2.99. The third-order valence-electron chi connectivity index (χ3n) is 2.49. The molecule has 0 radical (unpaired) electrons. The van der Waals surface area contributed by atoms with Gasteiger partial charge in [0.05, 0.1) is 10.2 Å². The fourth-order valence-electron chi connectivity index (χ4n) is 1.61. The van der Waals surface area contributed by atoms with Gasteiger partial charge in [-0.05, 0) is 23.4 Å². The van der Waals surface area contributed by atoms with Crippen molar-refractivity contribution in [2.45, 2.75) is 0 Å². The number of rotatable bonds is 3. The molecular weight excluding hydrogens is 276 g/mol. The van der Waals surface area contributed by atoms with E-state index in [-0.39, 0.29) is 11.4 Å². The third-order valence-corrected chi connectivity index (χ3v) is 3.36. The van der Waals surface area contributed by atoms with E-state index in [1.807, 2.05) is 24.3 Å². The first-order valence-corrected chi connectivity index (χ1v) is 6.34. The van der Waals surface area contributed by atoms with Crippen LogP contribution in [-0.2, 0) is 0 Å². The van der Waals surface area contributed by atoms with E-state index in [4.69, 9.17) is 11.0 Å². The van der Waals surface area contributed by atoms with Gasteiger partial charge >= 0.3 is 0 Å². The van der Waals surface area contributed by atoms with Crippen LogP contribution in [0.25, 0.3) is 15.8 Å². The van der Waals surface area contributed by atoms with Crippen LogP contribution in [0, 0.1) is 11.3 Å². The number of nitrogens with one attached hydrogen (secondary N) is 2. The van der Waals surface area contributed by atoms with E-state index in [0.717, 1.165) is 15.9 Å². The molecule has 0 saturated heterocycles. The fraction of sp³-hybridized carbons (Fsp3) is 0. The van der Waals surface area contributed by atoms with Crippen LogP contribution >= 0.6 is 11.3 Å². The molecule has 0 saturated carbocycles. The second kappa shape index (κ2) is 4.94. The summed E-state index contributed by atoms with van der Waals surface area (Å²) in [7, 11) is 0. The summed E-state index contributed by atoms with van der Waals surface area (Å²) in [6.07, 6.45) is 1.52. The molecule has 0 fully saturated rings. The predicted octanol–water partition coefficient (Wildman–Crippen LogP) is 1.37. The number of H-pyrrole nitrogens is 1. The number of thiazole rings is 1. The molecule has 20 heavy (non-hydrogen) atoms. The zero-order valence-corrected chi connectivity index (χ0v) is 10.8. The van der Waals surface area contributed by atoms with E-state index in [1.54, 1.807) is 0 Å². The lowest BCUT2D eigenvalue weighted by Crippen LogP contribution is -1.92. The minimum Gasteiger partial charge on any atom is -0.375 e. The van der Waals surface area contributed by atoms with Gasteiger partial charge < -0.3 is 11.1 Å². The van der Waals surface area contributed by atoms with Crippen molar-refractivity contribution in [1.82, 2.24) is 25.6 Å². The van der Waals surface area contributed by atoms with Crippen LogP contribution < -0.4 is 11.1 Å². The second-order valence-electron chi connectivity index (χ2n) is 3.78. The maximum absolute atomic E-state index is 9.04. The number of allylic oxidation sites excluding steroid dienone is 1. The van der Waals surface area contributed by atoms with Gasteiger partial charge in [-0.3, -0.25) is 0 Å². The summed E-state index contributed by atoms with van der Waals surface area (Å²) < 4.78 is 1.01. The Morgan fingerprint density at radius 1 is 1.50 bits per heavy atom. The molecule has 0 aliphatic rings. The van der Waals surface area contributed by atoms with Crippen LogP contribution in [0.2, 0.25) is 0 Å². The van der Waals surface area contributed by atoms with Gasteiger partial charge in [0.25, 0.3) is 0 Å². The topological polar surface area (TPSA) is 129 Å². The van der Waals surface area contributed by atoms with E-state index in [9.17, 15) is 0 Å². The molecule has 0 aliphatic carbocycles. The van der Waals surface area contributed by atoms with E-state index in [0.29, 0.717) is 5.13 Å². The number of nitrogens with two attached hydrogens (primary N) is 1. The molecule has 0 amide bonds. The van der Waals surface area contributed by atoms with Crippen LogP contribution in [0.15, 0.2) is 24.4 Å². The Balaban J connectivity index is 1.87. The largest absolute Gasteiger partial charge is 0.375 e. The predicted molar refractivity (Wildman–Crippen MR) is 75.4 cm³/mol. The van der Waals surface area contributed by atoms with Gasteiger partial charge in [0.2, 0.25) is 5.82 Å². The Labute approximate surface area is 116 Å². The molecule has 0 aliphatic heterocycles. The SMILES string of the molecule is N#CC(=CNc1ccc2sc(N)nc2c1)c1nn[nH]n1. The van der Waals surface area contributed by atoms with Crippen molar-refractivity contribution in [2.24, 2.45) is 0 Å². The van der Waals surface area contributed by atoms with Crippen molar-refractivity contribution in [1.29, 1.82) is 5.26 Å². The summed E-state index contributed by atoms with van der Waals surface area (Å²) >= 11 is 1.43. The van der Waals surface area contributed by atoms with Crippen LogP contribution in [-0.4, -0.2) is 25.6 Å². The molecule has 4 N–H and O–H groups in total. The smallest absolute Gasteiger partial charge is 0.216 e. The number of tetrazole rings is 1. The van der Waals surface area contributed by atoms with Crippen molar-refractivity contribution in [2.75, 3.05) is 11.1 Å². The molecule has 0 atom stereocenters. The average molecular weight is 284 g/mol. The molecule has 3 aromatic rings. The first kappa shape index (κ1) is 12.1. The van der Waals surface area contributed by atoms with Crippen molar-refractivity contribution >= 4 is 37.9 Å². The van der Waals surface area contributed by atoms with Crippen molar-refractivity contribution in [3.05, 3.63) is 30.2 Å². The fourth-order valence-corrected chi connectivity index (χ4v) is 2.33. The van der Waals surface area contributed by atoms with Gasteiger partial charge in [0.1, 0.15) is 11.6 Å². The monoisotopic (exact) mass is 284 g/mol. The summed E-state index contributed by atoms with van der Waals surface area (Å²) in [6, 6.07) is 7.64. The Kier molecular flexibility index (Phi) is 2.98. The van der Waals surface area contributed by atoms with Crippen LogP contribution in [0.4, 0.5) is 10.8 Å². The lowest BCUT2D eigenvalue weighted by molar-refractivity contribution is 0.881. The van der Waals surface area contributed by atoms with Crippen LogP contribution in [0.1, 0.15) is 5.82 Å². The highest BCUT2D eigenvalue weighted by molar-refractivity contribution is 7.22. The average Bonchev–Trinajstić information content (AvgIpc) is 3.07. The highest BCUT2D eigenvalue weighted by Crippen LogP contribution is 2.26. The molecular formula is C11H8N8S. The maximum Gasteiger partial charge on any atom is 0.216 e. The van der Waals surface area contributed by atoms with E-state index >= 15 is 0 Å². The van der Waals surface area contributed by atoms with E-state index < -0.39 is 0 Å². The Morgan fingerprint density at radius 3 is 3.15 bits per heavy atom.